The summed E-state index contributed by atoms with van der Waals surface area (Å²) in [6.07, 6.45) is -2.08. The molecule has 0 amide bonds. The number of halogens is 4. The molecule has 10 heteroatoms. The van der Waals surface area contributed by atoms with Crippen LogP contribution in [0.3, 0.4) is 0 Å². The molecule has 26 heavy (non-hydrogen) atoms. The van der Waals surface area contributed by atoms with E-state index < -0.39 is 11.7 Å². The van der Waals surface area contributed by atoms with Crippen molar-refractivity contribution in [1.82, 2.24) is 15.6 Å². The van der Waals surface area contributed by atoms with Crippen LogP contribution in [0.1, 0.15) is 18.2 Å². The van der Waals surface area contributed by atoms with Gasteiger partial charge in [0.05, 0.1) is 18.4 Å². The zero-order valence-electron chi connectivity index (χ0n) is 14.0. The predicted molar refractivity (Wildman–Crippen MR) is 102 cm³/mol. The SMILES string of the molecule is CCNC(=NCc1ccco1)NCCOc1ccc(C(F)(F)F)cn1.I. The van der Waals surface area contributed by atoms with Crippen LogP contribution in [-0.2, 0) is 12.7 Å². The van der Waals surface area contributed by atoms with E-state index in [2.05, 4.69) is 20.6 Å². The van der Waals surface area contributed by atoms with Crippen molar-refractivity contribution >= 4 is 29.9 Å². The smallest absolute Gasteiger partial charge is 0.417 e. The first-order valence-electron chi connectivity index (χ1n) is 7.69. The number of hydrogen-bond donors (Lipinski definition) is 2. The lowest BCUT2D eigenvalue weighted by atomic mass is 10.3. The van der Waals surface area contributed by atoms with Crippen LogP contribution in [0.2, 0.25) is 0 Å². The third-order valence-corrected chi connectivity index (χ3v) is 3.03. The van der Waals surface area contributed by atoms with Crippen LogP contribution < -0.4 is 15.4 Å². The number of hydrogen-bond acceptors (Lipinski definition) is 4. The third kappa shape index (κ3) is 7.50. The highest BCUT2D eigenvalue weighted by atomic mass is 127. The zero-order chi connectivity index (χ0) is 18.1. The molecule has 0 radical (unpaired) electrons. The van der Waals surface area contributed by atoms with E-state index in [9.17, 15) is 13.2 Å². The van der Waals surface area contributed by atoms with E-state index in [4.69, 9.17) is 9.15 Å². The maximum absolute atomic E-state index is 12.4. The summed E-state index contributed by atoms with van der Waals surface area (Å²) in [6, 6.07) is 5.74. The summed E-state index contributed by atoms with van der Waals surface area (Å²) in [5.41, 5.74) is -0.808. The van der Waals surface area contributed by atoms with E-state index in [0.717, 1.165) is 18.0 Å². The average Bonchev–Trinajstić information content (AvgIpc) is 3.09. The topological polar surface area (TPSA) is 71.7 Å². The molecular weight excluding hydrogens is 464 g/mol. The molecule has 2 N–H and O–H groups in total. The highest BCUT2D eigenvalue weighted by Crippen LogP contribution is 2.29. The van der Waals surface area contributed by atoms with Gasteiger partial charge in [-0.05, 0) is 25.1 Å². The Balaban J connectivity index is 0.00000338. The first kappa shape index (κ1) is 22.1. The fourth-order valence-electron chi connectivity index (χ4n) is 1.86. The highest BCUT2D eigenvalue weighted by molar-refractivity contribution is 14.0. The van der Waals surface area contributed by atoms with Crippen LogP contribution in [-0.4, -0.2) is 30.6 Å². The van der Waals surface area contributed by atoms with Crippen molar-refractivity contribution in [2.24, 2.45) is 4.99 Å². The van der Waals surface area contributed by atoms with Crippen LogP contribution in [0.25, 0.3) is 0 Å². The van der Waals surface area contributed by atoms with E-state index in [-0.39, 0.29) is 36.5 Å². The number of furan rings is 1. The second-order valence-corrected chi connectivity index (χ2v) is 4.93. The van der Waals surface area contributed by atoms with Gasteiger partial charge in [0.25, 0.3) is 0 Å². The van der Waals surface area contributed by atoms with E-state index in [1.165, 1.54) is 6.07 Å². The number of aromatic nitrogens is 1. The molecule has 0 unspecified atom stereocenters. The summed E-state index contributed by atoms with van der Waals surface area (Å²) in [6.45, 7) is 3.65. The largest absolute Gasteiger partial charge is 0.476 e. The number of guanidine groups is 1. The maximum atomic E-state index is 12.4. The Morgan fingerprint density at radius 2 is 2.08 bits per heavy atom. The lowest BCUT2D eigenvalue weighted by Gasteiger charge is -2.12. The quantitative estimate of drug-likeness (QED) is 0.273. The van der Waals surface area contributed by atoms with Crippen molar-refractivity contribution in [3.8, 4) is 5.88 Å². The Bertz CT molecular complexity index is 661. The second-order valence-electron chi connectivity index (χ2n) is 4.93. The van der Waals surface area contributed by atoms with Gasteiger partial charge in [-0.2, -0.15) is 13.2 Å². The highest BCUT2D eigenvalue weighted by Gasteiger charge is 2.30. The Morgan fingerprint density at radius 1 is 1.27 bits per heavy atom. The summed E-state index contributed by atoms with van der Waals surface area (Å²) >= 11 is 0. The number of rotatable bonds is 7. The number of pyridine rings is 1. The summed E-state index contributed by atoms with van der Waals surface area (Å²) < 4.78 is 47.8. The number of nitrogens with zero attached hydrogens (tertiary/aromatic N) is 2. The van der Waals surface area contributed by atoms with Crippen molar-refractivity contribution in [2.45, 2.75) is 19.6 Å². The minimum absolute atomic E-state index is 0. The first-order valence-corrected chi connectivity index (χ1v) is 7.69. The van der Waals surface area contributed by atoms with Crippen molar-refractivity contribution in [1.29, 1.82) is 0 Å². The second kappa shape index (κ2) is 10.9. The number of nitrogens with one attached hydrogen (secondary N) is 2. The molecule has 0 aliphatic carbocycles. The molecule has 2 rings (SSSR count). The van der Waals surface area contributed by atoms with Gasteiger partial charge in [-0.1, -0.05) is 0 Å². The molecular formula is C16H20F3IN4O2. The fraction of sp³-hybridized carbons (Fsp3) is 0.375. The number of alkyl halides is 3. The fourth-order valence-corrected chi connectivity index (χ4v) is 1.86. The van der Waals surface area contributed by atoms with Gasteiger partial charge in [0.15, 0.2) is 5.96 Å². The van der Waals surface area contributed by atoms with E-state index in [1.807, 2.05) is 13.0 Å². The molecule has 144 valence electrons. The zero-order valence-corrected chi connectivity index (χ0v) is 16.4. The van der Waals surface area contributed by atoms with Gasteiger partial charge in [0.2, 0.25) is 5.88 Å². The van der Waals surface area contributed by atoms with E-state index >= 15 is 0 Å². The number of aliphatic imine (C=N–C) groups is 1. The van der Waals surface area contributed by atoms with Crippen molar-refractivity contribution in [2.75, 3.05) is 19.7 Å². The summed E-state index contributed by atoms with van der Waals surface area (Å²) in [7, 11) is 0. The van der Waals surface area contributed by atoms with Crippen LogP contribution >= 0.6 is 24.0 Å². The Hall–Kier alpha value is -1.98. The van der Waals surface area contributed by atoms with Crippen molar-refractivity contribution in [3.05, 3.63) is 48.0 Å². The van der Waals surface area contributed by atoms with Gasteiger partial charge in [0.1, 0.15) is 18.9 Å². The Kier molecular flexibility index (Phi) is 9.24. The normalized spacial score (nSPS) is 11.6. The molecule has 0 aliphatic heterocycles. The molecule has 2 aromatic rings. The molecule has 0 spiro atoms. The molecule has 0 atom stereocenters. The molecule has 2 heterocycles. The average molecular weight is 484 g/mol. The van der Waals surface area contributed by atoms with Gasteiger partial charge >= 0.3 is 6.18 Å². The lowest BCUT2D eigenvalue weighted by Crippen LogP contribution is -2.39. The first-order chi connectivity index (χ1) is 12.0. The monoisotopic (exact) mass is 484 g/mol. The Labute approximate surface area is 166 Å². The molecule has 0 aliphatic rings. The summed E-state index contributed by atoms with van der Waals surface area (Å²) in [5.74, 6) is 1.46. The lowest BCUT2D eigenvalue weighted by molar-refractivity contribution is -0.137. The number of ether oxygens (including phenoxy) is 1. The molecule has 0 aromatic carbocycles. The minimum Gasteiger partial charge on any atom is -0.476 e. The van der Waals surface area contributed by atoms with Crippen LogP contribution in [0.5, 0.6) is 5.88 Å². The Morgan fingerprint density at radius 3 is 2.65 bits per heavy atom. The molecule has 0 saturated carbocycles. The molecule has 0 bridgehead atoms. The van der Waals surface area contributed by atoms with Gasteiger partial charge in [-0.25, -0.2) is 9.98 Å². The molecule has 6 nitrogen and oxygen atoms in total. The third-order valence-electron chi connectivity index (χ3n) is 3.03. The van der Waals surface area contributed by atoms with E-state index in [1.54, 1.807) is 12.3 Å². The van der Waals surface area contributed by atoms with Crippen LogP contribution in [0, 0.1) is 0 Å². The van der Waals surface area contributed by atoms with Gasteiger partial charge in [-0.3, -0.25) is 0 Å². The van der Waals surface area contributed by atoms with Gasteiger partial charge in [0, 0.05) is 18.8 Å². The summed E-state index contributed by atoms with van der Waals surface area (Å²) in [4.78, 5) is 7.98. The van der Waals surface area contributed by atoms with E-state index in [0.29, 0.717) is 25.6 Å². The molecule has 0 fully saturated rings. The van der Waals surface area contributed by atoms with Crippen molar-refractivity contribution in [3.63, 3.8) is 0 Å². The van der Waals surface area contributed by atoms with Crippen LogP contribution in [0.4, 0.5) is 13.2 Å². The van der Waals surface area contributed by atoms with Gasteiger partial charge in [-0.15, -0.1) is 24.0 Å². The maximum Gasteiger partial charge on any atom is 0.417 e. The minimum atomic E-state index is -4.40. The van der Waals surface area contributed by atoms with Gasteiger partial charge < -0.3 is 19.8 Å². The molecule has 2 aromatic heterocycles. The molecule has 0 saturated heterocycles. The predicted octanol–water partition coefficient (Wildman–Crippen LogP) is 3.45. The van der Waals surface area contributed by atoms with Crippen LogP contribution in [0.15, 0.2) is 46.1 Å². The standard InChI is InChI=1S/C16H19F3N4O2.HI/c1-2-20-15(23-11-13-4-3-8-24-13)21-7-9-25-14-6-5-12(10-22-14)16(17,18)19;/h3-6,8,10H,2,7,9,11H2,1H3,(H2,20,21,23);1H. The summed E-state index contributed by atoms with van der Waals surface area (Å²) in [5, 5.41) is 6.12. The van der Waals surface area contributed by atoms with Crippen molar-refractivity contribution < 1.29 is 22.3 Å².